The van der Waals surface area contributed by atoms with Gasteiger partial charge >= 0.3 is 6.18 Å². The average Bonchev–Trinajstić information content (AvgIpc) is 2.58. The van der Waals surface area contributed by atoms with Gasteiger partial charge in [0, 0.05) is 32.3 Å². The van der Waals surface area contributed by atoms with Gasteiger partial charge < -0.3 is 20.1 Å². The van der Waals surface area contributed by atoms with Gasteiger partial charge in [0.2, 0.25) is 0 Å². The standard InChI is InChI=1S/C17H24F3N3O2.HI/c1-3-10-25-15-8-5-4-7-14(15)12-23-16(21-2)22-9-6-11-24-13-17(18,19)20;/h3-5,7-8H,1,6,9-13H2,2H3,(H2,21,22,23);1H. The summed E-state index contributed by atoms with van der Waals surface area (Å²) in [4.78, 5) is 4.07. The maximum atomic E-state index is 11.9. The third kappa shape index (κ3) is 11.2. The lowest BCUT2D eigenvalue weighted by molar-refractivity contribution is -0.173. The van der Waals surface area contributed by atoms with E-state index in [1.54, 1.807) is 13.1 Å². The minimum atomic E-state index is -4.29. The fourth-order valence-electron chi connectivity index (χ4n) is 1.91. The zero-order chi connectivity index (χ0) is 18.5. The van der Waals surface area contributed by atoms with E-state index in [1.807, 2.05) is 24.3 Å². The largest absolute Gasteiger partial charge is 0.489 e. The highest BCUT2D eigenvalue weighted by atomic mass is 127. The molecule has 1 aromatic rings. The molecule has 5 nitrogen and oxygen atoms in total. The van der Waals surface area contributed by atoms with Crippen molar-refractivity contribution in [2.75, 3.05) is 33.4 Å². The Kier molecular flexibility index (Phi) is 12.9. The second-order valence-electron chi connectivity index (χ2n) is 5.08. The number of nitrogens with one attached hydrogen (secondary N) is 2. The molecule has 0 aliphatic carbocycles. The van der Waals surface area contributed by atoms with Gasteiger partial charge in [-0.15, -0.1) is 24.0 Å². The zero-order valence-electron chi connectivity index (χ0n) is 14.6. The molecule has 0 fully saturated rings. The van der Waals surface area contributed by atoms with Crippen LogP contribution in [0.25, 0.3) is 0 Å². The molecule has 9 heteroatoms. The van der Waals surface area contributed by atoms with Gasteiger partial charge in [-0.3, -0.25) is 4.99 Å². The molecule has 0 saturated heterocycles. The Balaban J connectivity index is 0.00000625. The number of nitrogens with zero attached hydrogens (tertiary/aromatic N) is 1. The number of guanidine groups is 1. The van der Waals surface area contributed by atoms with E-state index in [4.69, 9.17) is 4.74 Å². The first-order valence-corrected chi connectivity index (χ1v) is 7.87. The average molecular weight is 487 g/mol. The van der Waals surface area contributed by atoms with E-state index in [9.17, 15) is 13.2 Å². The minimum absolute atomic E-state index is 0. The lowest BCUT2D eigenvalue weighted by Gasteiger charge is -2.14. The van der Waals surface area contributed by atoms with Crippen LogP contribution in [0.5, 0.6) is 5.75 Å². The molecule has 0 saturated carbocycles. The Bertz CT molecular complexity index is 554. The van der Waals surface area contributed by atoms with Crippen molar-refractivity contribution < 1.29 is 22.6 Å². The van der Waals surface area contributed by atoms with Crippen molar-refractivity contribution in [2.24, 2.45) is 4.99 Å². The molecule has 0 radical (unpaired) electrons. The van der Waals surface area contributed by atoms with Crippen LogP contribution in [0.15, 0.2) is 41.9 Å². The van der Waals surface area contributed by atoms with Gasteiger partial charge in [-0.05, 0) is 12.5 Å². The monoisotopic (exact) mass is 487 g/mol. The summed E-state index contributed by atoms with van der Waals surface area (Å²) in [5.41, 5.74) is 0.959. The number of ether oxygens (including phenoxy) is 2. The Labute approximate surface area is 169 Å². The Morgan fingerprint density at radius 1 is 1.27 bits per heavy atom. The van der Waals surface area contributed by atoms with Gasteiger partial charge in [-0.2, -0.15) is 13.2 Å². The second kappa shape index (κ2) is 13.7. The summed E-state index contributed by atoms with van der Waals surface area (Å²) in [6.45, 7) is 3.79. The molecule has 26 heavy (non-hydrogen) atoms. The molecule has 0 spiro atoms. The predicted octanol–water partition coefficient (Wildman–Crippen LogP) is 3.50. The summed E-state index contributed by atoms with van der Waals surface area (Å²) in [6.07, 6.45) is -2.17. The van der Waals surface area contributed by atoms with Crippen molar-refractivity contribution in [1.82, 2.24) is 10.6 Å². The molecule has 1 aromatic carbocycles. The van der Waals surface area contributed by atoms with Gasteiger partial charge in [0.15, 0.2) is 5.96 Å². The molecular formula is C17H25F3IN3O2. The van der Waals surface area contributed by atoms with E-state index < -0.39 is 12.8 Å². The molecule has 0 amide bonds. The molecular weight excluding hydrogens is 462 g/mol. The van der Waals surface area contributed by atoms with E-state index in [1.165, 1.54) is 0 Å². The molecule has 1 rings (SSSR count). The lowest BCUT2D eigenvalue weighted by Crippen LogP contribution is -2.37. The second-order valence-corrected chi connectivity index (χ2v) is 5.08. The first-order chi connectivity index (χ1) is 12.0. The van der Waals surface area contributed by atoms with Crippen LogP contribution in [0.2, 0.25) is 0 Å². The number of hydrogen-bond donors (Lipinski definition) is 2. The van der Waals surface area contributed by atoms with Crippen LogP contribution in [-0.4, -0.2) is 45.5 Å². The summed E-state index contributed by atoms with van der Waals surface area (Å²) in [5, 5.41) is 6.15. The fraction of sp³-hybridized carbons (Fsp3) is 0.471. The van der Waals surface area contributed by atoms with E-state index >= 15 is 0 Å². The third-order valence-electron chi connectivity index (χ3n) is 3.02. The molecule has 0 unspecified atom stereocenters. The number of rotatable bonds is 10. The lowest BCUT2D eigenvalue weighted by atomic mass is 10.2. The maximum absolute atomic E-state index is 11.9. The number of hydrogen-bond acceptors (Lipinski definition) is 3. The highest BCUT2D eigenvalue weighted by Gasteiger charge is 2.27. The number of para-hydroxylation sites is 1. The Morgan fingerprint density at radius 2 is 2.00 bits per heavy atom. The first-order valence-electron chi connectivity index (χ1n) is 7.87. The minimum Gasteiger partial charge on any atom is -0.489 e. The molecule has 148 valence electrons. The van der Waals surface area contributed by atoms with Crippen molar-refractivity contribution in [3.63, 3.8) is 0 Å². The summed E-state index contributed by atoms with van der Waals surface area (Å²) < 4.78 is 45.9. The third-order valence-corrected chi connectivity index (χ3v) is 3.02. The van der Waals surface area contributed by atoms with Crippen LogP contribution in [0.4, 0.5) is 13.2 Å². The van der Waals surface area contributed by atoms with Crippen LogP contribution < -0.4 is 15.4 Å². The number of aliphatic imine (C=N–C) groups is 1. The van der Waals surface area contributed by atoms with E-state index in [0.717, 1.165) is 11.3 Å². The number of alkyl halides is 3. The van der Waals surface area contributed by atoms with Gasteiger partial charge in [0.05, 0.1) is 0 Å². The number of halogens is 4. The van der Waals surface area contributed by atoms with Gasteiger partial charge in [0.25, 0.3) is 0 Å². The van der Waals surface area contributed by atoms with Crippen LogP contribution in [0.1, 0.15) is 12.0 Å². The van der Waals surface area contributed by atoms with Gasteiger partial charge in [-0.25, -0.2) is 0 Å². The highest BCUT2D eigenvalue weighted by molar-refractivity contribution is 14.0. The van der Waals surface area contributed by atoms with Gasteiger partial charge in [-0.1, -0.05) is 30.9 Å². The smallest absolute Gasteiger partial charge is 0.411 e. The van der Waals surface area contributed by atoms with Crippen molar-refractivity contribution in [3.05, 3.63) is 42.5 Å². The van der Waals surface area contributed by atoms with Crippen molar-refractivity contribution >= 4 is 29.9 Å². The van der Waals surface area contributed by atoms with E-state index in [2.05, 4.69) is 26.9 Å². The van der Waals surface area contributed by atoms with E-state index in [0.29, 0.717) is 32.1 Å². The SMILES string of the molecule is C=CCOc1ccccc1CNC(=NC)NCCCOCC(F)(F)F.I. The quantitative estimate of drug-likeness (QED) is 0.175. The fourth-order valence-corrected chi connectivity index (χ4v) is 1.91. The zero-order valence-corrected chi connectivity index (χ0v) is 17.0. The molecule has 2 N–H and O–H groups in total. The summed E-state index contributed by atoms with van der Waals surface area (Å²) in [6, 6.07) is 7.60. The van der Waals surface area contributed by atoms with Crippen LogP contribution in [0.3, 0.4) is 0 Å². The summed E-state index contributed by atoms with van der Waals surface area (Å²) in [5.74, 6) is 1.31. The normalized spacial score (nSPS) is 11.5. The van der Waals surface area contributed by atoms with Crippen LogP contribution in [0, 0.1) is 0 Å². The molecule has 0 heterocycles. The predicted molar refractivity (Wildman–Crippen MR) is 107 cm³/mol. The molecule has 0 aromatic heterocycles. The first kappa shape index (κ1) is 24.5. The topological polar surface area (TPSA) is 54.9 Å². The van der Waals surface area contributed by atoms with Crippen molar-refractivity contribution in [2.45, 2.75) is 19.1 Å². The van der Waals surface area contributed by atoms with Gasteiger partial charge in [0.1, 0.15) is 19.0 Å². The highest BCUT2D eigenvalue weighted by Crippen LogP contribution is 2.17. The molecule has 0 atom stereocenters. The Hall–Kier alpha value is -1.49. The number of benzene rings is 1. The Morgan fingerprint density at radius 3 is 2.65 bits per heavy atom. The summed E-state index contributed by atoms with van der Waals surface area (Å²) >= 11 is 0. The van der Waals surface area contributed by atoms with Crippen molar-refractivity contribution in [1.29, 1.82) is 0 Å². The molecule has 0 bridgehead atoms. The van der Waals surface area contributed by atoms with E-state index in [-0.39, 0.29) is 30.6 Å². The van der Waals surface area contributed by atoms with Crippen LogP contribution in [-0.2, 0) is 11.3 Å². The van der Waals surface area contributed by atoms with Crippen molar-refractivity contribution in [3.8, 4) is 5.75 Å². The van der Waals surface area contributed by atoms with Crippen LogP contribution >= 0.6 is 24.0 Å². The summed E-state index contributed by atoms with van der Waals surface area (Å²) in [7, 11) is 1.62. The maximum Gasteiger partial charge on any atom is 0.411 e. The molecule has 0 aliphatic rings. The molecule has 0 aliphatic heterocycles.